The van der Waals surface area contributed by atoms with Crippen molar-refractivity contribution >= 4 is 11.8 Å². The number of rotatable bonds is 5. The topological polar surface area (TPSA) is 102 Å². The molecule has 4 N–H and O–H groups in total. The van der Waals surface area contributed by atoms with Crippen molar-refractivity contribution in [3.63, 3.8) is 0 Å². The Morgan fingerprint density at radius 1 is 1.14 bits per heavy atom. The van der Waals surface area contributed by atoms with E-state index in [0.29, 0.717) is 17.0 Å². The Morgan fingerprint density at radius 2 is 1.86 bits per heavy atom. The van der Waals surface area contributed by atoms with Crippen molar-refractivity contribution in [3.8, 4) is 22.8 Å². The fraction of sp³-hybridized carbons (Fsp3) is 0.238. The molecule has 28 heavy (non-hydrogen) atoms. The Bertz CT molecular complexity index is 961. The number of carboxylic acids is 1. The quantitative estimate of drug-likeness (QED) is 0.627. The summed E-state index contributed by atoms with van der Waals surface area (Å²) in [4.78, 5) is 11.8. The van der Waals surface area contributed by atoms with Crippen LogP contribution in [0.15, 0.2) is 54.6 Å². The number of nitrogens with one attached hydrogen (secondary N) is 1. The molecule has 7 nitrogen and oxygen atoms in total. The molecule has 1 atom stereocenters. The molecule has 7 heteroatoms. The number of aromatic nitrogens is 2. The van der Waals surface area contributed by atoms with E-state index in [1.807, 2.05) is 30.3 Å². The van der Waals surface area contributed by atoms with Crippen LogP contribution in [0.4, 0.5) is 5.82 Å². The third-order valence-corrected chi connectivity index (χ3v) is 4.88. The number of carbonyl (C=O) groups is 1. The van der Waals surface area contributed by atoms with E-state index in [-0.39, 0.29) is 17.4 Å². The first-order chi connectivity index (χ1) is 13.6. The van der Waals surface area contributed by atoms with Crippen LogP contribution in [0.5, 0.6) is 11.5 Å². The summed E-state index contributed by atoms with van der Waals surface area (Å²) in [6.07, 6.45) is 1.93. The lowest BCUT2D eigenvalue weighted by molar-refractivity contribution is 0.0698. The van der Waals surface area contributed by atoms with E-state index in [2.05, 4.69) is 10.4 Å². The van der Waals surface area contributed by atoms with Crippen molar-refractivity contribution in [1.29, 1.82) is 0 Å². The highest BCUT2D eigenvalue weighted by Crippen LogP contribution is 2.32. The van der Waals surface area contributed by atoms with Crippen molar-refractivity contribution in [2.24, 2.45) is 0 Å². The number of hydrogen-bond donors (Lipinski definition) is 3. The van der Waals surface area contributed by atoms with Gasteiger partial charge in [0, 0.05) is 12.1 Å². The van der Waals surface area contributed by atoms with Gasteiger partial charge in [0.25, 0.3) is 0 Å². The fourth-order valence-electron chi connectivity index (χ4n) is 3.49. The first-order valence-corrected chi connectivity index (χ1v) is 9.29. The minimum Gasteiger partial charge on any atom is -0.477 e. The summed E-state index contributed by atoms with van der Waals surface area (Å²) in [7, 11) is 0. The van der Waals surface area contributed by atoms with Crippen molar-refractivity contribution in [2.45, 2.75) is 18.9 Å². The Morgan fingerprint density at radius 3 is 2.50 bits per heavy atom. The highest BCUT2D eigenvalue weighted by molar-refractivity contribution is 5.99. The minimum atomic E-state index is -1.08. The van der Waals surface area contributed by atoms with Crippen molar-refractivity contribution in [1.82, 2.24) is 15.1 Å². The van der Waals surface area contributed by atoms with Gasteiger partial charge >= 0.3 is 5.97 Å². The number of nitrogens with two attached hydrogens (primary N) is 1. The van der Waals surface area contributed by atoms with Gasteiger partial charge in [0.15, 0.2) is 0 Å². The standard InChI is InChI=1S/C21H22N4O3/c22-20-18(21(26)27)19(24-25(20)15-5-4-12-23-13-15)14-8-10-17(11-9-14)28-16-6-2-1-3-7-16/h1-3,6-11,15,23H,4-5,12-13,22H2,(H,26,27). The fourth-order valence-corrected chi connectivity index (χ4v) is 3.49. The van der Waals surface area contributed by atoms with E-state index in [4.69, 9.17) is 10.5 Å². The number of anilines is 1. The lowest BCUT2D eigenvalue weighted by Crippen LogP contribution is -2.32. The van der Waals surface area contributed by atoms with E-state index in [1.54, 1.807) is 28.9 Å². The second-order valence-electron chi connectivity index (χ2n) is 6.80. The molecule has 0 saturated carbocycles. The third kappa shape index (κ3) is 3.57. The highest BCUT2D eigenvalue weighted by Gasteiger charge is 2.27. The molecule has 1 aromatic heterocycles. The van der Waals surface area contributed by atoms with Crippen molar-refractivity contribution in [2.75, 3.05) is 18.8 Å². The number of para-hydroxylation sites is 1. The van der Waals surface area contributed by atoms with Gasteiger partial charge < -0.3 is 20.9 Å². The van der Waals surface area contributed by atoms with E-state index < -0.39 is 5.97 Å². The number of piperidine rings is 1. The molecule has 144 valence electrons. The van der Waals surface area contributed by atoms with Gasteiger partial charge in [-0.1, -0.05) is 18.2 Å². The molecular formula is C21H22N4O3. The SMILES string of the molecule is Nc1c(C(=O)O)c(-c2ccc(Oc3ccccc3)cc2)nn1C1CCCNC1. The Hall–Kier alpha value is -3.32. The summed E-state index contributed by atoms with van der Waals surface area (Å²) in [5, 5.41) is 17.6. The van der Waals surface area contributed by atoms with E-state index in [0.717, 1.165) is 31.7 Å². The molecule has 3 aromatic rings. The van der Waals surface area contributed by atoms with Crippen molar-refractivity contribution in [3.05, 3.63) is 60.2 Å². The number of hydrogen-bond acceptors (Lipinski definition) is 5. The van der Waals surface area contributed by atoms with Gasteiger partial charge in [-0.05, 0) is 55.8 Å². The molecule has 1 fully saturated rings. The number of aromatic carboxylic acids is 1. The molecule has 1 aliphatic heterocycles. The number of benzene rings is 2. The first-order valence-electron chi connectivity index (χ1n) is 9.29. The van der Waals surface area contributed by atoms with E-state index in [9.17, 15) is 9.90 Å². The van der Waals surface area contributed by atoms with Gasteiger partial charge in [-0.2, -0.15) is 5.10 Å². The molecule has 0 aliphatic carbocycles. The smallest absolute Gasteiger partial charge is 0.341 e. The molecule has 0 bridgehead atoms. The summed E-state index contributed by atoms with van der Waals surface area (Å²) in [5.74, 6) is 0.517. The number of carboxylic acid groups (broad SMARTS) is 1. The van der Waals surface area contributed by atoms with Crippen molar-refractivity contribution < 1.29 is 14.6 Å². The molecule has 0 radical (unpaired) electrons. The van der Waals surface area contributed by atoms with Crippen LogP contribution >= 0.6 is 0 Å². The Balaban J connectivity index is 1.65. The average molecular weight is 378 g/mol. The van der Waals surface area contributed by atoms with Gasteiger partial charge in [0.05, 0.1) is 6.04 Å². The van der Waals surface area contributed by atoms with Crippen LogP contribution in [0, 0.1) is 0 Å². The van der Waals surface area contributed by atoms with Gasteiger partial charge in [-0.15, -0.1) is 0 Å². The molecule has 2 aromatic carbocycles. The Labute approximate surface area is 162 Å². The maximum atomic E-state index is 11.8. The second-order valence-corrected chi connectivity index (χ2v) is 6.80. The zero-order valence-electron chi connectivity index (χ0n) is 15.3. The number of nitrogens with zero attached hydrogens (tertiary/aromatic N) is 2. The van der Waals surface area contributed by atoms with Gasteiger partial charge in [-0.25, -0.2) is 9.48 Å². The van der Waals surface area contributed by atoms with Gasteiger partial charge in [0.2, 0.25) is 0 Å². The number of nitrogen functional groups attached to an aromatic ring is 1. The van der Waals surface area contributed by atoms with Crippen LogP contribution in [0.2, 0.25) is 0 Å². The summed E-state index contributed by atoms with van der Waals surface area (Å²) < 4.78 is 7.45. The molecule has 0 spiro atoms. The molecule has 1 unspecified atom stereocenters. The predicted molar refractivity (Wildman–Crippen MR) is 107 cm³/mol. The predicted octanol–water partition coefficient (Wildman–Crippen LogP) is 3.55. The lowest BCUT2D eigenvalue weighted by Gasteiger charge is -2.23. The number of ether oxygens (including phenoxy) is 1. The van der Waals surface area contributed by atoms with Crippen LogP contribution in [-0.4, -0.2) is 33.9 Å². The first kappa shape index (κ1) is 18.1. The van der Waals surface area contributed by atoms with E-state index in [1.165, 1.54) is 0 Å². The molecule has 1 saturated heterocycles. The highest BCUT2D eigenvalue weighted by atomic mass is 16.5. The zero-order chi connectivity index (χ0) is 19.5. The normalized spacial score (nSPS) is 16.6. The zero-order valence-corrected chi connectivity index (χ0v) is 15.3. The van der Waals surface area contributed by atoms with Gasteiger partial charge in [0.1, 0.15) is 28.6 Å². The van der Waals surface area contributed by atoms with Crippen LogP contribution in [0.1, 0.15) is 29.2 Å². The monoisotopic (exact) mass is 378 g/mol. The molecular weight excluding hydrogens is 356 g/mol. The molecule has 4 rings (SSSR count). The molecule has 2 heterocycles. The van der Waals surface area contributed by atoms with Crippen LogP contribution in [0.25, 0.3) is 11.3 Å². The van der Waals surface area contributed by atoms with Crippen LogP contribution in [-0.2, 0) is 0 Å². The van der Waals surface area contributed by atoms with E-state index >= 15 is 0 Å². The summed E-state index contributed by atoms with van der Waals surface area (Å²) in [6.45, 7) is 1.69. The Kier molecular flexibility index (Phi) is 4.99. The third-order valence-electron chi connectivity index (χ3n) is 4.88. The summed E-state index contributed by atoms with van der Waals surface area (Å²) in [6, 6.07) is 16.7. The second kappa shape index (κ2) is 7.74. The minimum absolute atomic E-state index is 0.0438. The van der Waals surface area contributed by atoms with Crippen LogP contribution in [0.3, 0.4) is 0 Å². The molecule has 0 amide bonds. The molecule has 1 aliphatic rings. The average Bonchev–Trinajstić information content (AvgIpc) is 3.07. The lowest BCUT2D eigenvalue weighted by atomic mass is 10.1. The van der Waals surface area contributed by atoms with Gasteiger partial charge in [-0.3, -0.25) is 0 Å². The largest absolute Gasteiger partial charge is 0.477 e. The van der Waals surface area contributed by atoms with Crippen LogP contribution < -0.4 is 15.8 Å². The summed E-state index contributed by atoms with van der Waals surface area (Å²) in [5.41, 5.74) is 7.28. The maximum absolute atomic E-state index is 11.8. The maximum Gasteiger partial charge on any atom is 0.341 e. The summed E-state index contributed by atoms with van der Waals surface area (Å²) >= 11 is 0.